The highest BCUT2D eigenvalue weighted by atomic mass is 19.1. The SMILES string of the molecule is C/C(=C/C(=O)Nc1ccc(F)cc1C(=O)O)c1cccnc1. The van der Waals surface area contributed by atoms with E-state index in [4.69, 9.17) is 5.11 Å². The Morgan fingerprint density at radius 2 is 2.09 bits per heavy atom. The molecule has 22 heavy (non-hydrogen) atoms. The highest BCUT2D eigenvalue weighted by Gasteiger charge is 2.13. The van der Waals surface area contributed by atoms with Crippen molar-refractivity contribution in [2.45, 2.75) is 6.92 Å². The fraction of sp³-hybridized carbons (Fsp3) is 0.0625. The van der Waals surface area contributed by atoms with Gasteiger partial charge in [0.1, 0.15) is 5.82 Å². The number of aromatic carboxylic acids is 1. The third kappa shape index (κ3) is 3.76. The van der Waals surface area contributed by atoms with Gasteiger partial charge < -0.3 is 10.4 Å². The molecule has 0 bridgehead atoms. The first-order valence-corrected chi connectivity index (χ1v) is 6.40. The van der Waals surface area contributed by atoms with Crippen LogP contribution in [0, 0.1) is 5.82 Å². The molecule has 0 saturated heterocycles. The number of benzene rings is 1. The highest BCUT2D eigenvalue weighted by molar-refractivity contribution is 6.07. The maximum Gasteiger partial charge on any atom is 0.337 e. The molecule has 0 aliphatic heterocycles. The minimum Gasteiger partial charge on any atom is -0.478 e. The minimum atomic E-state index is -1.32. The van der Waals surface area contributed by atoms with Crippen LogP contribution >= 0.6 is 0 Å². The molecule has 0 aliphatic carbocycles. The number of rotatable bonds is 4. The zero-order chi connectivity index (χ0) is 16.1. The zero-order valence-electron chi connectivity index (χ0n) is 11.7. The number of nitrogens with one attached hydrogen (secondary N) is 1. The van der Waals surface area contributed by atoms with Gasteiger partial charge in [0.05, 0.1) is 11.3 Å². The first-order chi connectivity index (χ1) is 10.5. The molecule has 2 N–H and O–H groups in total. The van der Waals surface area contributed by atoms with Gasteiger partial charge in [-0.25, -0.2) is 9.18 Å². The van der Waals surface area contributed by atoms with Crippen LogP contribution in [-0.4, -0.2) is 22.0 Å². The third-order valence-electron chi connectivity index (χ3n) is 2.93. The normalized spacial score (nSPS) is 11.1. The van der Waals surface area contributed by atoms with Crippen LogP contribution in [0.15, 0.2) is 48.8 Å². The van der Waals surface area contributed by atoms with E-state index in [9.17, 15) is 14.0 Å². The van der Waals surface area contributed by atoms with E-state index in [0.717, 1.165) is 17.7 Å². The molecule has 6 heteroatoms. The Bertz CT molecular complexity index is 742. The molecule has 0 fully saturated rings. The predicted molar refractivity (Wildman–Crippen MR) is 79.9 cm³/mol. The van der Waals surface area contributed by atoms with Crippen LogP contribution in [-0.2, 0) is 4.79 Å². The Kier molecular flexibility index (Phi) is 4.63. The summed E-state index contributed by atoms with van der Waals surface area (Å²) in [5.74, 6) is -2.50. The number of pyridine rings is 1. The topological polar surface area (TPSA) is 79.3 Å². The molecule has 0 atom stereocenters. The Morgan fingerprint density at radius 3 is 2.73 bits per heavy atom. The summed E-state index contributed by atoms with van der Waals surface area (Å²) < 4.78 is 13.1. The van der Waals surface area contributed by atoms with Crippen LogP contribution < -0.4 is 5.32 Å². The summed E-state index contributed by atoms with van der Waals surface area (Å²) in [4.78, 5) is 27.0. The van der Waals surface area contributed by atoms with Crippen LogP contribution in [0.1, 0.15) is 22.8 Å². The molecular weight excluding hydrogens is 287 g/mol. The maximum atomic E-state index is 13.1. The van der Waals surface area contributed by atoms with Gasteiger partial charge in [-0.1, -0.05) is 6.07 Å². The van der Waals surface area contributed by atoms with Crippen molar-refractivity contribution in [3.05, 3.63) is 65.7 Å². The number of hydrogen-bond donors (Lipinski definition) is 2. The first-order valence-electron chi connectivity index (χ1n) is 6.40. The Labute approximate surface area is 126 Å². The van der Waals surface area contributed by atoms with E-state index in [2.05, 4.69) is 10.3 Å². The molecule has 1 aromatic heterocycles. The summed E-state index contributed by atoms with van der Waals surface area (Å²) in [7, 11) is 0. The van der Waals surface area contributed by atoms with Gasteiger partial charge in [-0.05, 0) is 42.3 Å². The molecule has 1 heterocycles. The predicted octanol–water partition coefficient (Wildman–Crippen LogP) is 2.96. The van der Waals surface area contributed by atoms with E-state index < -0.39 is 17.7 Å². The molecule has 1 aromatic carbocycles. The van der Waals surface area contributed by atoms with Gasteiger partial charge >= 0.3 is 5.97 Å². The number of carboxylic acids is 1. The summed E-state index contributed by atoms with van der Waals surface area (Å²) in [5.41, 5.74) is 1.18. The number of carbonyl (C=O) groups excluding carboxylic acids is 1. The first kappa shape index (κ1) is 15.4. The summed E-state index contributed by atoms with van der Waals surface area (Å²) in [6, 6.07) is 6.69. The number of amides is 1. The van der Waals surface area contributed by atoms with Crippen molar-refractivity contribution in [1.29, 1.82) is 0 Å². The molecule has 0 radical (unpaired) electrons. The highest BCUT2D eigenvalue weighted by Crippen LogP contribution is 2.18. The molecule has 1 amide bonds. The van der Waals surface area contributed by atoms with Gasteiger partial charge in [0.2, 0.25) is 5.91 Å². The standard InChI is InChI=1S/C16H13FN2O3/c1-10(11-3-2-6-18-9-11)7-15(20)19-14-5-4-12(17)8-13(14)16(21)22/h2-9H,1H3,(H,19,20)(H,21,22)/b10-7-. The van der Waals surface area contributed by atoms with Crippen LogP contribution in [0.3, 0.4) is 0 Å². The van der Waals surface area contributed by atoms with E-state index in [0.29, 0.717) is 5.57 Å². The number of aromatic nitrogens is 1. The van der Waals surface area contributed by atoms with Gasteiger partial charge in [-0.15, -0.1) is 0 Å². The number of allylic oxidation sites excluding steroid dienone is 1. The van der Waals surface area contributed by atoms with Crippen LogP contribution in [0.25, 0.3) is 5.57 Å². The van der Waals surface area contributed by atoms with Gasteiger partial charge in [-0.3, -0.25) is 9.78 Å². The molecule has 5 nitrogen and oxygen atoms in total. The Hall–Kier alpha value is -3.02. The van der Waals surface area contributed by atoms with Gasteiger partial charge in [0.25, 0.3) is 0 Å². The monoisotopic (exact) mass is 300 g/mol. The van der Waals surface area contributed by atoms with Crippen molar-refractivity contribution >= 4 is 23.1 Å². The number of anilines is 1. The second-order valence-corrected chi connectivity index (χ2v) is 4.55. The summed E-state index contributed by atoms with van der Waals surface area (Å²) >= 11 is 0. The third-order valence-corrected chi connectivity index (χ3v) is 2.93. The second-order valence-electron chi connectivity index (χ2n) is 4.55. The maximum absolute atomic E-state index is 13.1. The van der Waals surface area contributed by atoms with Crippen LogP contribution in [0.5, 0.6) is 0 Å². The average Bonchev–Trinajstić information content (AvgIpc) is 2.49. The minimum absolute atomic E-state index is 0.0362. The molecule has 0 aliphatic rings. The van der Waals surface area contributed by atoms with Crippen LogP contribution in [0.4, 0.5) is 10.1 Å². The van der Waals surface area contributed by atoms with E-state index in [-0.39, 0.29) is 11.3 Å². The van der Waals surface area contributed by atoms with Crippen molar-refractivity contribution < 1.29 is 19.1 Å². The molecule has 2 rings (SSSR count). The van der Waals surface area contributed by atoms with Gasteiger partial charge in [0.15, 0.2) is 0 Å². The zero-order valence-corrected chi connectivity index (χ0v) is 11.7. The van der Waals surface area contributed by atoms with Crippen molar-refractivity contribution in [1.82, 2.24) is 4.98 Å². The largest absolute Gasteiger partial charge is 0.478 e. The lowest BCUT2D eigenvalue weighted by Crippen LogP contribution is -2.12. The van der Waals surface area contributed by atoms with Gasteiger partial charge in [-0.2, -0.15) is 0 Å². The quantitative estimate of drug-likeness (QED) is 0.851. The molecular formula is C16H13FN2O3. The summed E-state index contributed by atoms with van der Waals surface area (Å²) in [6.07, 6.45) is 4.56. The number of hydrogen-bond acceptors (Lipinski definition) is 3. The van der Waals surface area contributed by atoms with E-state index in [1.165, 1.54) is 12.1 Å². The lowest BCUT2D eigenvalue weighted by Gasteiger charge is -2.07. The van der Waals surface area contributed by atoms with Crippen molar-refractivity contribution in [3.63, 3.8) is 0 Å². The fourth-order valence-electron chi connectivity index (χ4n) is 1.85. The van der Waals surface area contributed by atoms with E-state index >= 15 is 0 Å². The number of halogens is 1. The van der Waals surface area contributed by atoms with E-state index in [1.807, 2.05) is 0 Å². The van der Waals surface area contributed by atoms with Crippen molar-refractivity contribution in [2.24, 2.45) is 0 Å². The lowest BCUT2D eigenvalue weighted by molar-refractivity contribution is -0.111. The van der Waals surface area contributed by atoms with Crippen molar-refractivity contribution in [2.75, 3.05) is 5.32 Å². The smallest absolute Gasteiger partial charge is 0.337 e. The number of nitrogens with zero attached hydrogens (tertiary/aromatic N) is 1. The Morgan fingerprint density at radius 1 is 1.32 bits per heavy atom. The Balaban J connectivity index is 2.21. The number of carbonyl (C=O) groups is 2. The van der Waals surface area contributed by atoms with Crippen LogP contribution in [0.2, 0.25) is 0 Å². The average molecular weight is 300 g/mol. The molecule has 0 unspecified atom stereocenters. The molecule has 112 valence electrons. The van der Waals surface area contributed by atoms with Crippen molar-refractivity contribution in [3.8, 4) is 0 Å². The number of carboxylic acid groups (broad SMARTS) is 1. The lowest BCUT2D eigenvalue weighted by atomic mass is 10.1. The summed E-state index contributed by atoms with van der Waals surface area (Å²) in [5, 5.41) is 11.5. The van der Waals surface area contributed by atoms with E-state index in [1.54, 1.807) is 31.5 Å². The molecule has 2 aromatic rings. The second kappa shape index (κ2) is 6.62. The van der Waals surface area contributed by atoms with Gasteiger partial charge in [0, 0.05) is 18.5 Å². The fourth-order valence-corrected chi connectivity index (χ4v) is 1.85. The molecule has 0 saturated carbocycles. The molecule has 0 spiro atoms. The summed E-state index contributed by atoms with van der Waals surface area (Å²) in [6.45, 7) is 1.74.